The van der Waals surface area contributed by atoms with Gasteiger partial charge in [0, 0.05) is 6.08 Å². The molecule has 0 aliphatic rings. The lowest BCUT2D eigenvalue weighted by atomic mass is 10.2. The van der Waals surface area contributed by atoms with Gasteiger partial charge in [0.15, 0.2) is 0 Å². The summed E-state index contributed by atoms with van der Waals surface area (Å²) in [5.41, 5.74) is 3.26. The fraction of sp³-hybridized carbons (Fsp3) is 0.308. The van der Waals surface area contributed by atoms with E-state index in [2.05, 4.69) is 49.0 Å². The lowest BCUT2D eigenvalue weighted by Gasteiger charge is -2.18. The van der Waals surface area contributed by atoms with Crippen LogP contribution in [0.1, 0.15) is 5.56 Å². The summed E-state index contributed by atoms with van der Waals surface area (Å²) in [7, 11) is -0.267. The highest BCUT2D eigenvalue weighted by Crippen LogP contribution is 2.06. The molecule has 0 unspecified atom stereocenters. The lowest BCUT2D eigenvalue weighted by Crippen LogP contribution is -2.39. The molecule has 0 fully saturated rings. The molecule has 0 bridgehead atoms. The molecule has 0 aliphatic heterocycles. The van der Waals surface area contributed by atoms with Crippen LogP contribution in [0.4, 0.5) is 0 Å². The second-order valence-corrected chi connectivity index (χ2v) is 8.80. The molecule has 2 nitrogen and oxygen atoms in total. The highest BCUT2D eigenvalue weighted by Gasteiger charge is 2.19. The van der Waals surface area contributed by atoms with Gasteiger partial charge >= 0.3 is 5.97 Å². The van der Waals surface area contributed by atoms with E-state index in [0.717, 1.165) is 0 Å². The van der Waals surface area contributed by atoms with Crippen LogP contribution in [0.15, 0.2) is 36.0 Å². The van der Waals surface area contributed by atoms with Gasteiger partial charge in [-0.2, -0.15) is 0 Å². The van der Waals surface area contributed by atoms with Gasteiger partial charge in [-0.05, 0) is 6.92 Å². The number of methoxy groups -OCH3 is 1. The molecule has 1 aromatic rings. The van der Waals surface area contributed by atoms with Gasteiger partial charge in [-0.15, -0.1) is 0 Å². The summed E-state index contributed by atoms with van der Waals surface area (Å²) in [6, 6.07) is 8.50. The number of esters is 1. The van der Waals surface area contributed by atoms with Crippen LogP contribution in [-0.2, 0) is 9.53 Å². The van der Waals surface area contributed by atoms with E-state index in [0.29, 0.717) is 0 Å². The first-order valence-corrected chi connectivity index (χ1v) is 8.38. The highest BCUT2D eigenvalue weighted by atomic mass is 28.3. The maximum atomic E-state index is 11.1. The molecule has 0 saturated carbocycles. The minimum Gasteiger partial charge on any atom is -0.466 e. The average Bonchev–Trinajstić information content (AvgIpc) is 2.26. The molecular formula is C13H18O2Si. The zero-order valence-electron chi connectivity index (χ0n) is 10.3. The standard InChI is InChI=1S/C13H18O2Si/c1-11-5-7-12(8-6-11)16(3,4)10-9-13(14)15-2/h5-10H,1-4H3/b10-9-. The Morgan fingerprint density at radius 1 is 1.25 bits per heavy atom. The fourth-order valence-electron chi connectivity index (χ4n) is 1.42. The van der Waals surface area contributed by atoms with Crippen molar-refractivity contribution in [2.45, 2.75) is 20.0 Å². The van der Waals surface area contributed by atoms with E-state index in [1.54, 1.807) is 0 Å². The molecule has 0 atom stereocenters. The Labute approximate surface area is 98.0 Å². The van der Waals surface area contributed by atoms with Crippen molar-refractivity contribution in [3.05, 3.63) is 41.6 Å². The molecule has 16 heavy (non-hydrogen) atoms. The van der Waals surface area contributed by atoms with Crippen LogP contribution >= 0.6 is 0 Å². The third-order valence-corrected chi connectivity index (χ3v) is 5.45. The van der Waals surface area contributed by atoms with Crippen molar-refractivity contribution in [1.29, 1.82) is 0 Å². The minimum atomic E-state index is -1.66. The van der Waals surface area contributed by atoms with Gasteiger partial charge in [-0.3, -0.25) is 0 Å². The molecule has 1 aromatic carbocycles. The topological polar surface area (TPSA) is 26.3 Å². The Kier molecular flexibility index (Phi) is 4.07. The summed E-state index contributed by atoms with van der Waals surface area (Å²) in [5.74, 6) is -0.285. The second kappa shape index (κ2) is 5.12. The third kappa shape index (κ3) is 3.34. The van der Waals surface area contributed by atoms with Crippen molar-refractivity contribution in [3.63, 3.8) is 0 Å². The van der Waals surface area contributed by atoms with Crippen molar-refractivity contribution in [2.24, 2.45) is 0 Å². The summed E-state index contributed by atoms with van der Waals surface area (Å²) in [6.07, 6.45) is 1.53. The molecule has 0 aliphatic carbocycles. The minimum absolute atomic E-state index is 0.285. The molecule has 0 heterocycles. The molecule has 0 aromatic heterocycles. The number of hydrogen-bond acceptors (Lipinski definition) is 2. The van der Waals surface area contributed by atoms with Gasteiger partial charge in [0.05, 0.1) is 7.11 Å². The van der Waals surface area contributed by atoms with E-state index in [9.17, 15) is 4.79 Å². The fourth-order valence-corrected chi connectivity index (χ4v) is 3.19. The Morgan fingerprint density at radius 3 is 2.31 bits per heavy atom. The molecule has 3 heteroatoms. The van der Waals surface area contributed by atoms with Gasteiger partial charge in [-0.25, -0.2) is 4.79 Å². The lowest BCUT2D eigenvalue weighted by molar-refractivity contribution is -0.134. The number of carbonyl (C=O) groups is 1. The Bertz CT molecular complexity index is 391. The van der Waals surface area contributed by atoms with E-state index in [1.165, 1.54) is 23.9 Å². The van der Waals surface area contributed by atoms with Crippen LogP contribution in [0, 0.1) is 6.92 Å². The van der Waals surface area contributed by atoms with Crippen molar-refractivity contribution in [2.75, 3.05) is 7.11 Å². The van der Waals surface area contributed by atoms with Crippen molar-refractivity contribution < 1.29 is 9.53 Å². The predicted molar refractivity (Wildman–Crippen MR) is 69.5 cm³/mol. The smallest absolute Gasteiger partial charge is 0.329 e. The Balaban J connectivity index is 2.89. The van der Waals surface area contributed by atoms with E-state index in [4.69, 9.17) is 0 Å². The maximum absolute atomic E-state index is 11.1. The van der Waals surface area contributed by atoms with Crippen LogP contribution in [0.25, 0.3) is 0 Å². The number of aryl methyl sites for hydroxylation is 1. The summed E-state index contributed by atoms with van der Waals surface area (Å²) >= 11 is 0. The number of carbonyl (C=O) groups excluding carboxylic acids is 1. The number of ether oxygens (including phenoxy) is 1. The molecular weight excluding hydrogens is 216 g/mol. The molecule has 1 rings (SSSR count). The molecule has 0 saturated heterocycles. The number of rotatable bonds is 3. The maximum Gasteiger partial charge on any atom is 0.329 e. The van der Waals surface area contributed by atoms with Crippen LogP contribution in [-0.4, -0.2) is 21.2 Å². The summed E-state index contributed by atoms with van der Waals surface area (Å²) in [5, 5.41) is 1.32. The van der Waals surface area contributed by atoms with Crippen LogP contribution in [0.2, 0.25) is 13.1 Å². The summed E-state index contributed by atoms with van der Waals surface area (Å²) in [4.78, 5) is 11.1. The van der Waals surface area contributed by atoms with E-state index in [1.807, 2.05) is 5.70 Å². The molecule has 0 spiro atoms. The predicted octanol–water partition coefficient (Wildman–Crippen LogP) is 2.18. The normalized spacial score (nSPS) is 11.8. The van der Waals surface area contributed by atoms with Gasteiger partial charge < -0.3 is 4.74 Å². The molecule has 0 radical (unpaired) electrons. The zero-order valence-corrected chi connectivity index (χ0v) is 11.3. The quantitative estimate of drug-likeness (QED) is 0.455. The van der Waals surface area contributed by atoms with E-state index >= 15 is 0 Å². The average molecular weight is 234 g/mol. The first-order chi connectivity index (χ1) is 7.45. The summed E-state index contributed by atoms with van der Waals surface area (Å²) in [6.45, 7) is 6.48. The molecule has 0 N–H and O–H groups in total. The highest BCUT2D eigenvalue weighted by molar-refractivity contribution is 6.94. The van der Waals surface area contributed by atoms with E-state index < -0.39 is 8.07 Å². The van der Waals surface area contributed by atoms with Gasteiger partial charge in [0.1, 0.15) is 8.07 Å². The van der Waals surface area contributed by atoms with Crippen LogP contribution in [0.5, 0.6) is 0 Å². The van der Waals surface area contributed by atoms with Crippen molar-refractivity contribution in [1.82, 2.24) is 0 Å². The zero-order chi connectivity index (χ0) is 12.2. The van der Waals surface area contributed by atoms with E-state index in [-0.39, 0.29) is 5.97 Å². The summed E-state index contributed by atoms with van der Waals surface area (Å²) < 4.78 is 4.60. The largest absolute Gasteiger partial charge is 0.466 e. The monoisotopic (exact) mass is 234 g/mol. The third-order valence-electron chi connectivity index (χ3n) is 2.63. The van der Waals surface area contributed by atoms with Crippen molar-refractivity contribution in [3.8, 4) is 0 Å². The number of hydrogen-bond donors (Lipinski definition) is 0. The van der Waals surface area contributed by atoms with Gasteiger partial charge in [0.25, 0.3) is 0 Å². The number of benzene rings is 1. The van der Waals surface area contributed by atoms with Crippen molar-refractivity contribution >= 4 is 19.2 Å². The first kappa shape index (κ1) is 12.7. The molecule has 0 amide bonds. The first-order valence-electron chi connectivity index (χ1n) is 5.30. The van der Waals surface area contributed by atoms with Crippen LogP contribution < -0.4 is 5.19 Å². The van der Waals surface area contributed by atoms with Gasteiger partial charge in [-0.1, -0.05) is 53.8 Å². The Morgan fingerprint density at radius 2 is 1.81 bits per heavy atom. The SMILES string of the molecule is COC(=O)/C=C\[Si](C)(C)c1ccc(C)cc1. The molecule has 86 valence electrons. The van der Waals surface area contributed by atoms with Crippen LogP contribution in [0.3, 0.4) is 0 Å². The van der Waals surface area contributed by atoms with Gasteiger partial charge in [0.2, 0.25) is 0 Å². The Hall–Kier alpha value is -1.35. The second-order valence-electron chi connectivity index (χ2n) is 4.44.